The Morgan fingerprint density at radius 3 is 2.25 bits per heavy atom. The number of rotatable bonds is 3. The van der Waals surface area contributed by atoms with Crippen LogP contribution in [0.2, 0.25) is 0 Å². The summed E-state index contributed by atoms with van der Waals surface area (Å²) < 4.78 is 0. The Bertz CT molecular complexity index is 444. The van der Waals surface area contributed by atoms with Crippen molar-refractivity contribution in [3.8, 4) is 0 Å². The molecule has 0 aromatic carbocycles. The fourth-order valence-corrected chi connectivity index (χ4v) is 4.16. The van der Waals surface area contributed by atoms with Crippen LogP contribution in [0.4, 0.5) is 0 Å². The van der Waals surface area contributed by atoms with Gasteiger partial charge in [0.15, 0.2) is 0 Å². The third-order valence-electron chi connectivity index (χ3n) is 4.94. The van der Waals surface area contributed by atoms with E-state index in [1.807, 2.05) is 11.3 Å². The van der Waals surface area contributed by atoms with E-state index in [2.05, 4.69) is 40.0 Å². The highest BCUT2D eigenvalue weighted by Crippen LogP contribution is 2.46. The highest BCUT2D eigenvalue weighted by Gasteiger charge is 2.38. The number of aromatic nitrogens is 1. The summed E-state index contributed by atoms with van der Waals surface area (Å²) in [6.07, 6.45) is 6.16. The van der Waals surface area contributed by atoms with Gasteiger partial charge in [-0.05, 0) is 43.1 Å². The first-order valence-electron chi connectivity index (χ1n) is 7.81. The molecule has 0 saturated heterocycles. The van der Waals surface area contributed by atoms with Crippen LogP contribution < -0.4 is 5.73 Å². The molecule has 1 aromatic rings. The fourth-order valence-electron chi connectivity index (χ4n) is 2.97. The number of nitrogens with two attached hydrogens (primary N) is 1. The van der Waals surface area contributed by atoms with E-state index in [1.54, 1.807) is 0 Å². The van der Waals surface area contributed by atoms with Gasteiger partial charge in [-0.25, -0.2) is 4.98 Å². The lowest BCUT2D eigenvalue weighted by Crippen LogP contribution is -2.39. The maximum atomic E-state index is 6.14. The number of thiazole rings is 1. The molecule has 3 heteroatoms. The van der Waals surface area contributed by atoms with Gasteiger partial charge in [-0.2, -0.15) is 0 Å². The van der Waals surface area contributed by atoms with Crippen LogP contribution in [-0.4, -0.2) is 11.5 Å². The second-order valence-corrected chi connectivity index (χ2v) is 9.36. The summed E-state index contributed by atoms with van der Waals surface area (Å²) in [5, 5.41) is 3.51. The van der Waals surface area contributed by atoms with Gasteiger partial charge in [-0.1, -0.05) is 34.6 Å². The Kier molecular flexibility index (Phi) is 4.32. The van der Waals surface area contributed by atoms with Crippen LogP contribution in [0.5, 0.6) is 0 Å². The minimum Gasteiger partial charge on any atom is -0.330 e. The first-order chi connectivity index (χ1) is 9.16. The van der Waals surface area contributed by atoms with E-state index in [9.17, 15) is 0 Å². The van der Waals surface area contributed by atoms with Crippen molar-refractivity contribution in [3.63, 3.8) is 0 Å². The van der Waals surface area contributed by atoms with Crippen molar-refractivity contribution in [2.75, 3.05) is 6.54 Å². The summed E-state index contributed by atoms with van der Waals surface area (Å²) in [4.78, 5) is 4.87. The molecule has 0 aliphatic heterocycles. The van der Waals surface area contributed by atoms with Crippen LogP contribution in [0.15, 0.2) is 5.38 Å². The van der Waals surface area contributed by atoms with Crippen LogP contribution >= 0.6 is 11.3 Å². The average molecular weight is 295 g/mol. The van der Waals surface area contributed by atoms with Gasteiger partial charge in [-0.3, -0.25) is 0 Å². The van der Waals surface area contributed by atoms with Gasteiger partial charge in [0.1, 0.15) is 0 Å². The molecule has 1 aliphatic carbocycles. The lowest BCUT2D eigenvalue weighted by molar-refractivity contribution is 0.108. The van der Waals surface area contributed by atoms with Crippen molar-refractivity contribution in [2.45, 2.75) is 72.1 Å². The predicted molar refractivity (Wildman–Crippen MR) is 88.3 cm³/mol. The second kappa shape index (κ2) is 5.42. The molecular weight excluding hydrogens is 264 g/mol. The van der Waals surface area contributed by atoms with E-state index >= 15 is 0 Å². The Labute approximate surface area is 128 Å². The molecule has 1 aliphatic rings. The SMILES string of the molecule is CC1(C)CCC(CN)(Cc2nc(C(C)(C)C)cs2)CC1. The molecular formula is C17H30N2S. The molecule has 0 atom stereocenters. The highest BCUT2D eigenvalue weighted by atomic mass is 32.1. The second-order valence-electron chi connectivity index (χ2n) is 8.42. The predicted octanol–water partition coefficient (Wildman–Crippen LogP) is 4.53. The first kappa shape index (κ1) is 16.0. The molecule has 1 fully saturated rings. The molecule has 2 N–H and O–H groups in total. The summed E-state index contributed by atoms with van der Waals surface area (Å²) >= 11 is 1.82. The van der Waals surface area contributed by atoms with Gasteiger partial charge >= 0.3 is 0 Å². The van der Waals surface area contributed by atoms with E-state index in [0.717, 1.165) is 13.0 Å². The van der Waals surface area contributed by atoms with E-state index < -0.39 is 0 Å². The van der Waals surface area contributed by atoms with Gasteiger partial charge in [0.25, 0.3) is 0 Å². The molecule has 0 unspecified atom stereocenters. The molecule has 2 rings (SSSR count). The van der Waals surface area contributed by atoms with E-state index in [4.69, 9.17) is 10.7 Å². The molecule has 0 amide bonds. The van der Waals surface area contributed by atoms with Gasteiger partial charge in [-0.15, -0.1) is 11.3 Å². The largest absolute Gasteiger partial charge is 0.330 e. The van der Waals surface area contributed by atoms with Crippen molar-refractivity contribution in [2.24, 2.45) is 16.6 Å². The minimum absolute atomic E-state index is 0.152. The molecule has 114 valence electrons. The first-order valence-corrected chi connectivity index (χ1v) is 8.69. The molecule has 0 radical (unpaired) electrons. The zero-order valence-corrected chi connectivity index (χ0v) is 14.6. The van der Waals surface area contributed by atoms with Gasteiger partial charge in [0, 0.05) is 17.2 Å². The Balaban J connectivity index is 2.09. The smallest absolute Gasteiger partial charge is 0.0934 e. The summed E-state index contributed by atoms with van der Waals surface area (Å²) in [6, 6.07) is 0. The third kappa shape index (κ3) is 3.62. The van der Waals surface area contributed by atoms with Gasteiger partial charge < -0.3 is 5.73 Å². The summed E-state index contributed by atoms with van der Waals surface area (Å²) in [6.45, 7) is 12.3. The quantitative estimate of drug-likeness (QED) is 0.889. The molecule has 1 aromatic heterocycles. The number of hydrogen-bond donors (Lipinski definition) is 1. The van der Waals surface area contributed by atoms with E-state index in [-0.39, 0.29) is 5.41 Å². The molecule has 1 heterocycles. The standard InChI is InChI=1S/C17H30N2S/c1-15(2,3)13-11-20-14(19-13)10-17(12-18)8-6-16(4,5)7-9-17/h11H,6-10,12,18H2,1-5H3. The van der Waals surface area contributed by atoms with Crippen molar-refractivity contribution >= 4 is 11.3 Å². The van der Waals surface area contributed by atoms with E-state index in [1.165, 1.54) is 36.4 Å². The molecule has 1 saturated carbocycles. The summed E-state index contributed by atoms with van der Waals surface area (Å²) in [5.41, 5.74) is 8.31. The summed E-state index contributed by atoms with van der Waals surface area (Å²) in [7, 11) is 0. The summed E-state index contributed by atoms with van der Waals surface area (Å²) in [5.74, 6) is 0. The lowest BCUT2D eigenvalue weighted by Gasteiger charge is -2.42. The fraction of sp³-hybridized carbons (Fsp3) is 0.824. The molecule has 0 bridgehead atoms. The van der Waals surface area contributed by atoms with E-state index in [0.29, 0.717) is 10.8 Å². The number of nitrogens with zero attached hydrogens (tertiary/aromatic N) is 1. The Hall–Kier alpha value is -0.410. The van der Waals surface area contributed by atoms with Crippen LogP contribution in [0.3, 0.4) is 0 Å². The zero-order valence-electron chi connectivity index (χ0n) is 13.8. The minimum atomic E-state index is 0.152. The highest BCUT2D eigenvalue weighted by molar-refractivity contribution is 7.09. The number of hydrogen-bond acceptors (Lipinski definition) is 3. The van der Waals surface area contributed by atoms with Crippen LogP contribution in [0.1, 0.15) is 71.0 Å². The molecule has 2 nitrogen and oxygen atoms in total. The van der Waals surface area contributed by atoms with Gasteiger partial charge in [0.2, 0.25) is 0 Å². The van der Waals surface area contributed by atoms with Crippen molar-refractivity contribution in [1.29, 1.82) is 0 Å². The monoisotopic (exact) mass is 294 g/mol. The van der Waals surface area contributed by atoms with Crippen LogP contribution in [0, 0.1) is 10.8 Å². The zero-order chi connectivity index (χ0) is 15.0. The van der Waals surface area contributed by atoms with Crippen LogP contribution in [0.25, 0.3) is 0 Å². The normalized spacial score (nSPS) is 21.9. The maximum Gasteiger partial charge on any atom is 0.0934 e. The third-order valence-corrected chi connectivity index (χ3v) is 5.79. The average Bonchev–Trinajstić information content (AvgIpc) is 2.81. The van der Waals surface area contributed by atoms with Crippen molar-refractivity contribution in [1.82, 2.24) is 4.98 Å². The van der Waals surface area contributed by atoms with Crippen molar-refractivity contribution in [3.05, 3.63) is 16.1 Å². The Morgan fingerprint density at radius 2 is 1.80 bits per heavy atom. The molecule has 0 spiro atoms. The van der Waals surface area contributed by atoms with Gasteiger partial charge in [0.05, 0.1) is 10.7 Å². The maximum absolute atomic E-state index is 6.14. The van der Waals surface area contributed by atoms with Crippen molar-refractivity contribution < 1.29 is 0 Å². The van der Waals surface area contributed by atoms with Crippen LogP contribution in [-0.2, 0) is 11.8 Å². The lowest BCUT2D eigenvalue weighted by atomic mass is 9.64. The Morgan fingerprint density at radius 1 is 1.20 bits per heavy atom. The topological polar surface area (TPSA) is 38.9 Å². The molecule has 20 heavy (non-hydrogen) atoms.